The van der Waals surface area contributed by atoms with Crippen LogP contribution in [-0.4, -0.2) is 18.0 Å². The van der Waals surface area contributed by atoms with Crippen LogP contribution in [0.25, 0.3) is 0 Å². The number of primary amides is 1. The van der Waals surface area contributed by atoms with Crippen molar-refractivity contribution >= 4 is 11.9 Å². The first-order chi connectivity index (χ1) is 7.15. The zero-order chi connectivity index (χ0) is 10.9. The van der Waals surface area contributed by atoms with Crippen LogP contribution in [-0.2, 0) is 14.3 Å². The summed E-state index contributed by atoms with van der Waals surface area (Å²) in [4.78, 5) is 22.8. The predicted molar refractivity (Wildman–Crippen MR) is 53.8 cm³/mol. The first-order valence-electron chi connectivity index (χ1n) is 5.66. The summed E-state index contributed by atoms with van der Waals surface area (Å²) in [5, 5.41) is 0. The Morgan fingerprint density at radius 2 is 1.73 bits per heavy atom. The molecule has 2 aliphatic rings. The van der Waals surface area contributed by atoms with Crippen LogP contribution in [0.4, 0.5) is 0 Å². The summed E-state index contributed by atoms with van der Waals surface area (Å²) in [5.74, 6) is -0.912. The maximum atomic E-state index is 11.7. The minimum Gasteiger partial charge on any atom is -0.462 e. The van der Waals surface area contributed by atoms with Crippen molar-refractivity contribution in [2.45, 2.75) is 51.0 Å². The molecule has 2 aliphatic carbocycles. The highest BCUT2D eigenvalue weighted by atomic mass is 16.5. The number of rotatable bonds is 3. The van der Waals surface area contributed by atoms with Gasteiger partial charge in [0.25, 0.3) is 0 Å². The second-order valence-electron chi connectivity index (χ2n) is 4.61. The molecule has 0 heterocycles. The van der Waals surface area contributed by atoms with Gasteiger partial charge in [0.2, 0.25) is 5.91 Å². The van der Waals surface area contributed by atoms with Crippen LogP contribution < -0.4 is 5.73 Å². The van der Waals surface area contributed by atoms with Crippen LogP contribution >= 0.6 is 0 Å². The highest BCUT2D eigenvalue weighted by Gasteiger charge is 2.57. The monoisotopic (exact) mass is 211 g/mol. The Kier molecular flexibility index (Phi) is 2.67. The van der Waals surface area contributed by atoms with E-state index in [0.29, 0.717) is 12.8 Å². The first kappa shape index (κ1) is 10.5. The normalized spacial score (nSPS) is 24.5. The molecule has 0 aromatic rings. The first-order valence-corrected chi connectivity index (χ1v) is 5.66. The standard InChI is InChI=1S/C11H17NO3/c12-9(13)11(6-7-11)10(14)15-8-4-2-1-3-5-8/h8H,1-7H2,(H2,12,13). The van der Waals surface area contributed by atoms with Crippen molar-refractivity contribution in [3.05, 3.63) is 0 Å². The summed E-state index contributed by atoms with van der Waals surface area (Å²) in [6, 6.07) is 0. The predicted octanol–water partition coefficient (Wildman–Crippen LogP) is 1.13. The smallest absolute Gasteiger partial charge is 0.321 e. The molecule has 2 rings (SSSR count). The number of ether oxygens (including phenoxy) is 1. The summed E-state index contributed by atoms with van der Waals surface area (Å²) in [5.41, 5.74) is 4.24. The Morgan fingerprint density at radius 1 is 1.13 bits per heavy atom. The van der Waals surface area contributed by atoms with Crippen molar-refractivity contribution in [3.8, 4) is 0 Å². The van der Waals surface area contributed by atoms with Gasteiger partial charge >= 0.3 is 5.97 Å². The van der Waals surface area contributed by atoms with E-state index in [1.807, 2.05) is 0 Å². The second-order valence-corrected chi connectivity index (χ2v) is 4.61. The molecule has 2 saturated carbocycles. The van der Waals surface area contributed by atoms with Crippen molar-refractivity contribution in [1.29, 1.82) is 0 Å². The van der Waals surface area contributed by atoms with Gasteiger partial charge in [-0.2, -0.15) is 0 Å². The van der Waals surface area contributed by atoms with E-state index in [4.69, 9.17) is 10.5 Å². The Bertz CT molecular complexity index is 278. The number of nitrogens with two attached hydrogens (primary N) is 1. The van der Waals surface area contributed by atoms with Crippen LogP contribution in [0.5, 0.6) is 0 Å². The lowest BCUT2D eigenvalue weighted by Gasteiger charge is -2.23. The molecule has 0 bridgehead atoms. The molecular formula is C11H17NO3. The van der Waals surface area contributed by atoms with Crippen molar-refractivity contribution in [3.63, 3.8) is 0 Å². The molecule has 0 aliphatic heterocycles. The highest BCUT2D eigenvalue weighted by Crippen LogP contribution is 2.47. The zero-order valence-corrected chi connectivity index (χ0v) is 8.83. The van der Waals surface area contributed by atoms with Gasteiger partial charge in [-0.15, -0.1) is 0 Å². The highest BCUT2D eigenvalue weighted by molar-refractivity contribution is 6.04. The Morgan fingerprint density at radius 3 is 2.20 bits per heavy atom. The number of hydrogen-bond acceptors (Lipinski definition) is 3. The Hall–Kier alpha value is -1.06. The van der Waals surface area contributed by atoms with Gasteiger partial charge in [0.05, 0.1) is 0 Å². The maximum absolute atomic E-state index is 11.7. The van der Waals surface area contributed by atoms with E-state index < -0.39 is 11.3 Å². The lowest BCUT2D eigenvalue weighted by molar-refractivity contribution is -0.159. The molecule has 0 radical (unpaired) electrons. The van der Waals surface area contributed by atoms with Gasteiger partial charge in [-0.3, -0.25) is 9.59 Å². The summed E-state index contributed by atoms with van der Waals surface area (Å²) in [6.07, 6.45) is 6.45. The number of carbonyl (C=O) groups excluding carboxylic acids is 2. The van der Waals surface area contributed by atoms with Crippen molar-refractivity contribution in [1.82, 2.24) is 0 Å². The number of amides is 1. The second kappa shape index (κ2) is 3.83. The van der Waals surface area contributed by atoms with Crippen LogP contribution in [0.2, 0.25) is 0 Å². The molecule has 0 atom stereocenters. The quantitative estimate of drug-likeness (QED) is 0.562. The third kappa shape index (κ3) is 1.98. The summed E-state index contributed by atoms with van der Waals surface area (Å²) >= 11 is 0. The number of esters is 1. The summed E-state index contributed by atoms with van der Waals surface area (Å²) in [7, 11) is 0. The molecule has 0 spiro atoms. The number of hydrogen-bond donors (Lipinski definition) is 1. The van der Waals surface area contributed by atoms with Gasteiger partial charge in [-0.1, -0.05) is 6.42 Å². The van der Waals surface area contributed by atoms with Crippen LogP contribution in [0.15, 0.2) is 0 Å². The fourth-order valence-electron chi connectivity index (χ4n) is 2.12. The molecule has 1 amide bonds. The third-order valence-electron chi connectivity index (χ3n) is 3.44. The van der Waals surface area contributed by atoms with Gasteiger partial charge in [-0.05, 0) is 38.5 Å². The molecule has 0 unspecified atom stereocenters. The Balaban J connectivity index is 1.89. The Labute approximate surface area is 89.2 Å². The van der Waals surface area contributed by atoms with Crippen LogP contribution in [0.1, 0.15) is 44.9 Å². The van der Waals surface area contributed by atoms with Gasteiger partial charge < -0.3 is 10.5 Å². The minimum atomic E-state index is -0.961. The fraction of sp³-hybridized carbons (Fsp3) is 0.818. The van der Waals surface area contributed by atoms with Crippen molar-refractivity contribution in [2.75, 3.05) is 0 Å². The van der Waals surface area contributed by atoms with E-state index in [1.54, 1.807) is 0 Å². The van der Waals surface area contributed by atoms with Gasteiger partial charge in [-0.25, -0.2) is 0 Å². The van der Waals surface area contributed by atoms with E-state index in [9.17, 15) is 9.59 Å². The fourth-order valence-corrected chi connectivity index (χ4v) is 2.12. The van der Waals surface area contributed by atoms with Gasteiger partial charge in [0.1, 0.15) is 11.5 Å². The topological polar surface area (TPSA) is 69.4 Å². The number of carbonyl (C=O) groups is 2. The van der Waals surface area contributed by atoms with Crippen molar-refractivity contribution in [2.24, 2.45) is 11.1 Å². The molecular weight excluding hydrogens is 194 g/mol. The van der Waals surface area contributed by atoms with Gasteiger partial charge in [0.15, 0.2) is 0 Å². The molecule has 15 heavy (non-hydrogen) atoms. The van der Waals surface area contributed by atoms with Crippen molar-refractivity contribution < 1.29 is 14.3 Å². The van der Waals surface area contributed by atoms with Gasteiger partial charge in [0, 0.05) is 0 Å². The van der Waals surface area contributed by atoms with E-state index in [1.165, 1.54) is 6.42 Å². The lowest BCUT2D eigenvalue weighted by atomic mass is 9.97. The average molecular weight is 211 g/mol. The minimum absolute atomic E-state index is 0.0167. The van der Waals surface area contributed by atoms with E-state index in [2.05, 4.69) is 0 Å². The average Bonchev–Trinajstić information content (AvgIpc) is 2.99. The zero-order valence-electron chi connectivity index (χ0n) is 8.83. The van der Waals surface area contributed by atoms with Crippen LogP contribution in [0.3, 0.4) is 0 Å². The molecule has 2 N–H and O–H groups in total. The summed E-state index contributed by atoms with van der Waals surface area (Å²) < 4.78 is 5.34. The SMILES string of the molecule is NC(=O)C1(C(=O)OC2CCCCC2)CC1. The molecule has 0 aromatic heterocycles. The molecule has 4 heteroatoms. The molecule has 0 aromatic carbocycles. The van der Waals surface area contributed by atoms with Crippen LogP contribution in [0, 0.1) is 5.41 Å². The molecule has 0 saturated heterocycles. The largest absolute Gasteiger partial charge is 0.462 e. The lowest BCUT2D eigenvalue weighted by Crippen LogP contribution is -2.36. The van der Waals surface area contributed by atoms with E-state index in [0.717, 1.165) is 25.7 Å². The van der Waals surface area contributed by atoms with E-state index in [-0.39, 0.29) is 12.1 Å². The molecule has 4 nitrogen and oxygen atoms in total. The van der Waals surface area contributed by atoms with E-state index >= 15 is 0 Å². The molecule has 2 fully saturated rings. The summed E-state index contributed by atoms with van der Waals surface area (Å²) in [6.45, 7) is 0. The molecule has 84 valence electrons. The third-order valence-corrected chi connectivity index (χ3v) is 3.44. The maximum Gasteiger partial charge on any atom is 0.321 e.